The molecule has 1 atom stereocenters. The minimum Gasteiger partial charge on any atom is -0.530 e. The van der Waals surface area contributed by atoms with E-state index in [2.05, 4.69) is 0 Å². The Kier molecular flexibility index (Phi) is 3.73. The number of benzene rings is 1. The van der Waals surface area contributed by atoms with Gasteiger partial charge in [0, 0.05) is 17.1 Å². The Bertz CT molecular complexity index is 330. The van der Waals surface area contributed by atoms with E-state index in [1.54, 1.807) is 24.3 Å². The Morgan fingerprint density at radius 3 is 2.79 bits per heavy atom. The van der Waals surface area contributed by atoms with Crippen LogP contribution >= 0.6 is 11.6 Å². The van der Waals surface area contributed by atoms with E-state index in [0.29, 0.717) is 10.6 Å². The molecule has 0 bridgehead atoms. The second-order valence-electron chi connectivity index (χ2n) is 2.71. The van der Waals surface area contributed by atoms with Gasteiger partial charge in [0.15, 0.2) is 0 Å². The molecule has 0 radical (unpaired) electrons. The van der Waals surface area contributed by atoms with E-state index in [1.807, 2.05) is 5.32 Å². The smallest absolute Gasteiger partial charge is 0.134 e. The molecule has 5 heteroatoms. The Labute approximate surface area is 86.1 Å². The van der Waals surface area contributed by atoms with E-state index in [4.69, 9.17) is 11.6 Å². The normalized spacial score (nSPS) is 12.1. The van der Waals surface area contributed by atoms with Crippen molar-refractivity contribution in [3.05, 3.63) is 34.9 Å². The Morgan fingerprint density at radius 1 is 1.57 bits per heavy atom. The topological polar surface area (TPSA) is 72.4 Å². The fourth-order valence-corrected chi connectivity index (χ4v) is 1.30. The molecule has 0 aliphatic carbocycles. The predicted molar refractivity (Wildman–Crippen MR) is 49.8 cm³/mol. The number of nitrogens with one attached hydrogen (secondary N) is 1. The van der Waals surface area contributed by atoms with E-state index in [0.717, 1.165) is 0 Å². The van der Waals surface area contributed by atoms with E-state index < -0.39 is 12.2 Å². The molecule has 0 fully saturated rings. The van der Waals surface area contributed by atoms with Crippen LogP contribution in [0.15, 0.2) is 24.3 Å². The number of halogens is 1. The maximum atomic E-state index is 10.1. The molecule has 1 aromatic rings. The van der Waals surface area contributed by atoms with Crippen LogP contribution in [-0.4, -0.2) is 17.7 Å². The first-order chi connectivity index (χ1) is 6.61. The lowest BCUT2D eigenvalue weighted by Crippen LogP contribution is -2.38. The molecule has 0 aliphatic rings. The van der Waals surface area contributed by atoms with Crippen LogP contribution in [0.1, 0.15) is 11.7 Å². The number of hydrogen-bond donors (Lipinski definition) is 2. The molecule has 0 saturated carbocycles. The zero-order valence-corrected chi connectivity index (χ0v) is 7.99. The van der Waals surface area contributed by atoms with Crippen molar-refractivity contribution < 1.29 is 15.0 Å². The Morgan fingerprint density at radius 2 is 2.21 bits per heavy atom. The molecule has 0 saturated heterocycles. The van der Waals surface area contributed by atoms with Gasteiger partial charge >= 0.3 is 0 Å². The van der Waals surface area contributed by atoms with Gasteiger partial charge in [-0.2, -0.15) is 0 Å². The summed E-state index contributed by atoms with van der Waals surface area (Å²) in [5.41, 5.74) is 0.489. The van der Waals surface area contributed by atoms with Crippen molar-refractivity contribution in [2.24, 2.45) is 0 Å². The number of carboxylic acid groups (broad SMARTS) is 1. The second-order valence-corrected chi connectivity index (χ2v) is 3.11. The van der Waals surface area contributed by atoms with Crippen molar-refractivity contribution in [2.45, 2.75) is 6.10 Å². The number of carbonyl (C=O) groups is 1. The summed E-state index contributed by atoms with van der Waals surface area (Å²) in [6.45, 7) is -0.133. The first-order valence-electron chi connectivity index (χ1n) is 3.98. The zero-order chi connectivity index (χ0) is 10.6. The lowest BCUT2D eigenvalue weighted by Gasteiger charge is -2.14. The predicted octanol–water partition coefficient (Wildman–Crippen LogP) is 0.306. The molecule has 2 N–H and O–H groups in total. The van der Waals surface area contributed by atoms with Crippen LogP contribution in [0.25, 0.3) is 0 Å². The van der Waals surface area contributed by atoms with Crippen LogP contribution in [0.3, 0.4) is 0 Å². The van der Waals surface area contributed by atoms with Crippen molar-refractivity contribution >= 4 is 17.7 Å². The summed E-state index contributed by atoms with van der Waals surface area (Å²) in [6.07, 6.45) is -2.38. The third-order valence-corrected chi connectivity index (χ3v) is 2.05. The molecule has 14 heavy (non-hydrogen) atoms. The number of aliphatic hydroxyl groups is 1. The summed E-state index contributed by atoms with van der Waals surface area (Å²) in [4.78, 5) is 10.1. The molecule has 0 aliphatic heterocycles. The van der Waals surface area contributed by atoms with Crippen molar-refractivity contribution in [1.82, 2.24) is 5.32 Å². The summed E-state index contributed by atoms with van der Waals surface area (Å²) in [6, 6.07) is 6.69. The summed E-state index contributed by atoms with van der Waals surface area (Å²) in [7, 11) is 0. The maximum Gasteiger partial charge on any atom is 0.134 e. The average Bonchev–Trinajstić information content (AvgIpc) is 2.15. The quantitative estimate of drug-likeness (QED) is 0.761. The van der Waals surface area contributed by atoms with Crippen LogP contribution < -0.4 is 10.4 Å². The number of carbonyl (C=O) groups excluding carboxylic acids is 1. The van der Waals surface area contributed by atoms with E-state index in [1.165, 1.54) is 0 Å². The van der Waals surface area contributed by atoms with Crippen molar-refractivity contribution in [3.8, 4) is 0 Å². The lowest BCUT2D eigenvalue weighted by atomic mass is 10.1. The van der Waals surface area contributed by atoms with Crippen LogP contribution in [0.5, 0.6) is 0 Å². The molecule has 0 heterocycles. The molecular weight excluding hydrogens is 206 g/mol. The van der Waals surface area contributed by atoms with E-state index in [9.17, 15) is 15.0 Å². The van der Waals surface area contributed by atoms with Gasteiger partial charge in [-0.1, -0.05) is 29.8 Å². The number of rotatable bonds is 3. The highest BCUT2D eigenvalue weighted by atomic mass is 35.5. The number of amides is 1. The molecule has 1 amide bonds. The Hall–Kier alpha value is -1.26. The summed E-state index contributed by atoms with van der Waals surface area (Å²) in [5.74, 6) is 0. The SMILES string of the molecule is O=C([O-])NC[C@@H](O)c1ccccc1Cl. The molecule has 1 rings (SSSR count). The van der Waals surface area contributed by atoms with Crippen molar-refractivity contribution in [1.29, 1.82) is 0 Å². The third kappa shape index (κ3) is 2.90. The monoisotopic (exact) mass is 214 g/mol. The summed E-state index contributed by atoms with van der Waals surface area (Å²) < 4.78 is 0. The minimum absolute atomic E-state index is 0.133. The first kappa shape index (κ1) is 10.8. The van der Waals surface area contributed by atoms with E-state index in [-0.39, 0.29) is 6.54 Å². The highest BCUT2D eigenvalue weighted by Gasteiger charge is 2.09. The molecule has 76 valence electrons. The molecule has 4 nitrogen and oxygen atoms in total. The van der Waals surface area contributed by atoms with Crippen LogP contribution in [0.2, 0.25) is 5.02 Å². The second kappa shape index (κ2) is 4.83. The highest BCUT2D eigenvalue weighted by Crippen LogP contribution is 2.21. The summed E-state index contributed by atoms with van der Waals surface area (Å²) in [5, 5.41) is 21.9. The molecule has 0 spiro atoms. The number of aliphatic hydroxyl groups excluding tert-OH is 1. The van der Waals surface area contributed by atoms with Crippen LogP contribution in [-0.2, 0) is 0 Å². The lowest BCUT2D eigenvalue weighted by molar-refractivity contribution is -0.251. The largest absolute Gasteiger partial charge is 0.530 e. The average molecular weight is 215 g/mol. The first-order valence-corrected chi connectivity index (χ1v) is 4.36. The third-order valence-electron chi connectivity index (χ3n) is 1.70. The van der Waals surface area contributed by atoms with Gasteiger partial charge < -0.3 is 20.3 Å². The van der Waals surface area contributed by atoms with Crippen LogP contribution in [0, 0.1) is 0 Å². The Balaban J connectivity index is 2.65. The van der Waals surface area contributed by atoms with Crippen molar-refractivity contribution in [3.63, 3.8) is 0 Å². The molecule has 0 aromatic heterocycles. The van der Waals surface area contributed by atoms with Gasteiger partial charge in [-0.25, -0.2) is 0 Å². The molecule has 0 unspecified atom stereocenters. The van der Waals surface area contributed by atoms with Crippen molar-refractivity contribution in [2.75, 3.05) is 6.54 Å². The maximum absolute atomic E-state index is 10.1. The minimum atomic E-state index is -1.42. The van der Waals surface area contributed by atoms with Gasteiger partial charge in [0.25, 0.3) is 0 Å². The highest BCUT2D eigenvalue weighted by molar-refractivity contribution is 6.31. The molecular formula is C9H9ClNO3-. The fraction of sp³-hybridized carbons (Fsp3) is 0.222. The fourth-order valence-electron chi connectivity index (χ4n) is 1.04. The van der Waals surface area contributed by atoms with Crippen LogP contribution in [0.4, 0.5) is 4.79 Å². The zero-order valence-electron chi connectivity index (χ0n) is 7.24. The molecule has 1 aromatic carbocycles. The van der Waals surface area contributed by atoms with E-state index >= 15 is 0 Å². The van der Waals surface area contributed by atoms with Gasteiger partial charge in [0.2, 0.25) is 0 Å². The standard InChI is InChI=1S/C9H10ClNO3/c10-7-4-2-1-3-6(7)8(12)5-11-9(13)14/h1-4,8,11-12H,5H2,(H,13,14)/p-1/t8-/m1/s1. The van der Waals surface area contributed by atoms with Gasteiger partial charge in [0.1, 0.15) is 6.09 Å². The van der Waals surface area contributed by atoms with Gasteiger partial charge in [0.05, 0.1) is 6.10 Å². The summed E-state index contributed by atoms with van der Waals surface area (Å²) >= 11 is 5.78. The van der Waals surface area contributed by atoms with Gasteiger partial charge in [-0.3, -0.25) is 0 Å². The van der Waals surface area contributed by atoms with Gasteiger partial charge in [-0.05, 0) is 6.07 Å². The van der Waals surface area contributed by atoms with Gasteiger partial charge in [-0.15, -0.1) is 0 Å². The number of hydrogen-bond acceptors (Lipinski definition) is 3.